The van der Waals surface area contributed by atoms with Crippen molar-refractivity contribution < 1.29 is 5.11 Å². The Morgan fingerprint density at radius 2 is 1.71 bits per heavy atom. The van der Waals surface area contributed by atoms with Crippen molar-refractivity contribution in [3.8, 4) is 0 Å². The average molecular weight is 278 g/mol. The number of nitrogens with two attached hydrogens (primary N) is 1. The third-order valence-corrected chi connectivity index (χ3v) is 3.72. The number of aliphatic hydroxyl groups is 1. The number of aryl methyl sites for hydroxylation is 1. The summed E-state index contributed by atoms with van der Waals surface area (Å²) in [5.74, 6) is 0. The van der Waals surface area contributed by atoms with Gasteiger partial charge in [-0.05, 0) is 36.2 Å². The van der Waals surface area contributed by atoms with Gasteiger partial charge < -0.3 is 10.8 Å². The molecule has 0 saturated carbocycles. The number of fused-ring (bicyclic) bond motifs is 1. The number of aliphatic hydroxyl groups excluding tert-OH is 1. The van der Waals surface area contributed by atoms with Crippen molar-refractivity contribution >= 4 is 10.9 Å². The van der Waals surface area contributed by atoms with E-state index in [1.54, 1.807) is 0 Å². The van der Waals surface area contributed by atoms with Gasteiger partial charge in [-0.3, -0.25) is 4.98 Å². The molecule has 0 radical (unpaired) electrons. The van der Waals surface area contributed by atoms with Crippen molar-refractivity contribution in [3.63, 3.8) is 0 Å². The lowest BCUT2D eigenvalue weighted by molar-refractivity contribution is 0.147. The molecule has 2 unspecified atom stereocenters. The average Bonchev–Trinajstić information content (AvgIpc) is 2.53. The highest BCUT2D eigenvalue weighted by molar-refractivity contribution is 5.79. The second-order valence-corrected chi connectivity index (χ2v) is 5.29. The van der Waals surface area contributed by atoms with Crippen molar-refractivity contribution in [1.82, 2.24) is 4.98 Å². The maximum Gasteiger partial charge on any atom is 0.0982 e. The predicted molar refractivity (Wildman–Crippen MR) is 84.8 cm³/mol. The van der Waals surface area contributed by atoms with Gasteiger partial charge in [-0.15, -0.1) is 0 Å². The zero-order valence-electron chi connectivity index (χ0n) is 11.9. The molecule has 2 atom stereocenters. The lowest BCUT2D eigenvalue weighted by Gasteiger charge is -2.20. The molecule has 3 heteroatoms. The maximum absolute atomic E-state index is 10.5. The maximum atomic E-state index is 10.5. The van der Waals surface area contributed by atoms with Crippen molar-refractivity contribution in [2.75, 3.05) is 0 Å². The minimum Gasteiger partial charge on any atom is -0.386 e. The topological polar surface area (TPSA) is 59.1 Å². The van der Waals surface area contributed by atoms with E-state index in [1.807, 2.05) is 67.6 Å². The van der Waals surface area contributed by atoms with Crippen LogP contribution in [0.15, 0.2) is 60.7 Å². The fraction of sp³-hybridized carbons (Fsp3) is 0.167. The molecule has 0 spiro atoms. The third-order valence-electron chi connectivity index (χ3n) is 3.72. The zero-order chi connectivity index (χ0) is 14.8. The van der Waals surface area contributed by atoms with E-state index in [0.717, 1.165) is 27.7 Å². The molecule has 1 aromatic heterocycles. The van der Waals surface area contributed by atoms with Crippen molar-refractivity contribution in [2.45, 2.75) is 19.1 Å². The molecule has 0 aliphatic rings. The first-order valence-corrected chi connectivity index (χ1v) is 7.01. The number of rotatable bonds is 3. The summed E-state index contributed by atoms with van der Waals surface area (Å²) in [6.45, 7) is 1.97. The summed E-state index contributed by atoms with van der Waals surface area (Å²) in [5.41, 5.74) is 9.82. The van der Waals surface area contributed by atoms with E-state index in [9.17, 15) is 5.11 Å². The quantitative estimate of drug-likeness (QED) is 0.773. The zero-order valence-corrected chi connectivity index (χ0v) is 11.9. The molecule has 2 aromatic carbocycles. The number of hydrogen-bond acceptors (Lipinski definition) is 3. The molecule has 106 valence electrons. The van der Waals surface area contributed by atoms with Gasteiger partial charge in [0.25, 0.3) is 0 Å². The Bertz CT molecular complexity index is 756. The van der Waals surface area contributed by atoms with Crippen LogP contribution in [0.25, 0.3) is 10.9 Å². The van der Waals surface area contributed by atoms with Gasteiger partial charge >= 0.3 is 0 Å². The van der Waals surface area contributed by atoms with Crippen LogP contribution in [0.2, 0.25) is 0 Å². The minimum atomic E-state index is -0.738. The standard InChI is InChI=1S/C18H18N2O/c1-12-7-8-14-11-15(9-10-16(14)20-12)18(21)17(19)13-5-3-2-4-6-13/h2-11,17-18,21H,19H2,1H3. The van der Waals surface area contributed by atoms with E-state index in [1.165, 1.54) is 0 Å². The normalized spacial score (nSPS) is 14.0. The van der Waals surface area contributed by atoms with Crippen LogP contribution in [0.1, 0.15) is 29.0 Å². The van der Waals surface area contributed by atoms with E-state index < -0.39 is 12.1 Å². The van der Waals surface area contributed by atoms with Gasteiger partial charge in [-0.1, -0.05) is 42.5 Å². The van der Waals surface area contributed by atoms with Gasteiger partial charge in [0.05, 0.1) is 17.7 Å². The highest BCUT2D eigenvalue weighted by Gasteiger charge is 2.18. The number of aromatic nitrogens is 1. The Morgan fingerprint density at radius 3 is 2.48 bits per heavy atom. The highest BCUT2D eigenvalue weighted by atomic mass is 16.3. The molecule has 3 N–H and O–H groups in total. The lowest BCUT2D eigenvalue weighted by Crippen LogP contribution is -2.19. The Kier molecular flexibility index (Phi) is 3.69. The predicted octanol–water partition coefficient (Wildman–Crippen LogP) is 3.28. The van der Waals surface area contributed by atoms with Gasteiger partial charge in [0.1, 0.15) is 0 Å². The Hall–Kier alpha value is -2.23. The first-order chi connectivity index (χ1) is 10.1. The SMILES string of the molecule is Cc1ccc2cc(C(O)C(N)c3ccccc3)ccc2n1. The summed E-state index contributed by atoms with van der Waals surface area (Å²) in [4.78, 5) is 4.47. The molecule has 1 heterocycles. The van der Waals surface area contributed by atoms with Crippen LogP contribution in [0.3, 0.4) is 0 Å². The molecule has 0 fully saturated rings. The van der Waals surface area contributed by atoms with Crippen LogP contribution in [0, 0.1) is 6.92 Å². The summed E-state index contributed by atoms with van der Waals surface area (Å²) in [6, 6.07) is 19.0. The Balaban J connectivity index is 1.94. The fourth-order valence-corrected chi connectivity index (χ4v) is 2.49. The van der Waals surface area contributed by atoms with E-state index in [0.29, 0.717) is 0 Å². The minimum absolute atomic E-state index is 0.443. The smallest absolute Gasteiger partial charge is 0.0982 e. The number of hydrogen-bond donors (Lipinski definition) is 2. The van der Waals surface area contributed by atoms with Crippen molar-refractivity contribution in [3.05, 3.63) is 77.5 Å². The second-order valence-electron chi connectivity index (χ2n) is 5.29. The van der Waals surface area contributed by atoms with Gasteiger partial charge in [0.2, 0.25) is 0 Å². The van der Waals surface area contributed by atoms with E-state index in [-0.39, 0.29) is 0 Å². The van der Waals surface area contributed by atoms with Gasteiger partial charge in [-0.25, -0.2) is 0 Å². The Labute approximate surface area is 124 Å². The summed E-state index contributed by atoms with van der Waals surface area (Å²) >= 11 is 0. The molecular weight excluding hydrogens is 260 g/mol. The molecule has 0 aliphatic heterocycles. The van der Waals surface area contributed by atoms with Crippen LogP contribution in [0.4, 0.5) is 0 Å². The summed E-state index contributed by atoms with van der Waals surface area (Å²) < 4.78 is 0. The van der Waals surface area contributed by atoms with Gasteiger partial charge in [0, 0.05) is 11.1 Å². The van der Waals surface area contributed by atoms with Crippen LogP contribution >= 0.6 is 0 Å². The number of nitrogens with zero attached hydrogens (tertiary/aromatic N) is 1. The summed E-state index contributed by atoms with van der Waals surface area (Å²) in [6.07, 6.45) is -0.738. The molecular formula is C18H18N2O. The van der Waals surface area contributed by atoms with E-state index >= 15 is 0 Å². The molecule has 3 rings (SSSR count). The van der Waals surface area contributed by atoms with Crippen molar-refractivity contribution in [1.29, 1.82) is 0 Å². The van der Waals surface area contributed by atoms with Crippen LogP contribution in [-0.4, -0.2) is 10.1 Å². The molecule has 3 aromatic rings. The van der Waals surface area contributed by atoms with Gasteiger partial charge in [0.15, 0.2) is 0 Å². The highest BCUT2D eigenvalue weighted by Crippen LogP contribution is 2.28. The van der Waals surface area contributed by atoms with Crippen LogP contribution in [0.5, 0.6) is 0 Å². The number of pyridine rings is 1. The van der Waals surface area contributed by atoms with E-state index in [2.05, 4.69) is 4.98 Å². The summed E-state index contributed by atoms with van der Waals surface area (Å²) in [5, 5.41) is 11.5. The molecule has 3 nitrogen and oxygen atoms in total. The third kappa shape index (κ3) is 2.79. The molecule has 0 amide bonds. The molecule has 21 heavy (non-hydrogen) atoms. The van der Waals surface area contributed by atoms with Crippen molar-refractivity contribution in [2.24, 2.45) is 5.73 Å². The largest absolute Gasteiger partial charge is 0.386 e. The van der Waals surface area contributed by atoms with Gasteiger partial charge in [-0.2, -0.15) is 0 Å². The van der Waals surface area contributed by atoms with Crippen LogP contribution < -0.4 is 5.73 Å². The first-order valence-electron chi connectivity index (χ1n) is 7.01. The Morgan fingerprint density at radius 1 is 0.952 bits per heavy atom. The fourth-order valence-electron chi connectivity index (χ4n) is 2.49. The first kappa shape index (κ1) is 13.7. The lowest BCUT2D eigenvalue weighted by atomic mass is 9.95. The molecule has 0 bridgehead atoms. The summed E-state index contributed by atoms with van der Waals surface area (Å²) in [7, 11) is 0. The monoisotopic (exact) mass is 278 g/mol. The van der Waals surface area contributed by atoms with E-state index in [4.69, 9.17) is 5.73 Å². The second kappa shape index (κ2) is 5.64. The number of benzene rings is 2. The molecule has 0 saturated heterocycles. The molecule has 0 aliphatic carbocycles. The van der Waals surface area contributed by atoms with Crippen LogP contribution in [-0.2, 0) is 0 Å².